The molecular formula is C48H44Br8N8O22Yb2+6. The van der Waals surface area contributed by atoms with Gasteiger partial charge >= 0.3 is 106 Å². The maximum Gasteiger partial charge on any atom is 3.00 e. The number of hydrogen-bond acceptors (Lipinski definition) is 22. The van der Waals surface area contributed by atoms with Gasteiger partial charge in [0.1, 0.15) is 0 Å². The molecule has 0 bridgehead atoms. The van der Waals surface area contributed by atoms with Gasteiger partial charge in [-0.3, -0.25) is 39.9 Å². The number of carbonyl (C=O) groups excluding carboxylic acids is 6. The molecule has 0 saturated carbocycles. The molecule has 40 heteroatoms. The topological polar surface area (TPSA) is 616 Å². The number of carbonyl (C=O) groups is 8. The monoisotopic (exact) mass is 2060 g/mol. The molecule has 0 aliphatic rings. The van der Waals surface area contributed by atoms with Crippen molar-refractivity contribution in [2.45, 2.75) is 0 Å². The van der Waals surface area contributed by atoms with Gasteiger partial charge in [0, 0.05) is 168 Å². The van der Waals surface area contributed by atoms with E-state index >= 15 is 0 Å². The van der Waals surface area contributed by atoms with Crippen LogP contribution in [0.2, 0.25) is 0 Å². The van der Waals surface area contributed by atoms with Crippen LogP contribution in [0, 0.1) is 93.8 Å². The zero-order valence-electron chi connectivity index (χ0n) is 43.1. The Hall–Kier alpha value is -4.40. The van der Waals surface area contributed by atoms with Crippen LogP contribution in [0.25, 0.3) is 0 Å². The molecule has 8 aromatic rings. The number of aromatic nitrogens is 8. The smallest absolute Gasteiger partial charge is 0.545 e. The number of hydrogen-bond donors (Lipinski definition) is 2. The van der Waals surface area contributed by atoms with E-state index in [1.807, 2.05) is 0 Å². The fourth-order valence-electron chi connectivity index (χ4n) is 4.20. The van der Waals surface area contributed by atoms with Gasteiger partial charge in [0.05, 0.1) is 46.9 Å². The van der Waals surface area contributed by atoms with Gasteiger partial charge in [-0.15, -0.1) is 0 Å². The second-order valence-corrected chi connectivity index (χ2v) is 20.8. The molecule has 2 radical (unpaired) electrons. The molecule has 0 spiro atoms. The Morgan fingerprint density at radius 1 is 0.239 bits per heavy atom. The first-order valence-electron chi connectivity index (χ1n) is 20.2. The van der Waals surface area contributed by atoms with Crippen molar-refractivity contribution in [2.75, 3.05) is 0 Å². The molecular weight excluding hydrogens is 2030 g/mol. The molecule has 8 aromatic heterocycles. The number of carboxylic acids is 8. The quantitative estimate of drug-likeness (QED) is 0.169. The second kappa shape index (κ2) is 55.4. The number of aromatic carboxylic acids is 8. The third-order valence-corrected chi connectivity index (χ3v) is 11.0. The molecule has 20 N–H and O–H groups in total. The summed E-state index contributed by atoms with van der Waals surface area (Å²) >= 11 is 24.7. The molecule has 30 nitrogen and oxygen atoms in total. The molecule has 0 fully saturated rings. The number of carboxylic acid groups (broad SMARTS) is 8. The summed E-state index contributed by atoms with van der Waals surface area (Å²) in [5.74, 6) is -9.21. The second-order valence-electron chi connectivity index (χ2n) is 13.5. The number of nitrogens with zero attached hydrogens (tertiary/aromatic N) is 8. The van der Waals surface area contributed by atoms with Gasteiger partial charge in [0.25, 0.3) is 0 Å². The van der Waals surface area contributed by atoms with Gasteiger partial charge in [-0.1, -0.05) is 0 Å². The molecule has 486 valence electrons. The van der Waals surface area contributed by atoms with Crippen LogP contribution in [-0.2, 0) is 32.9 Å². The molecule has 0 unspecified atom stereocenters. The molecule has 0 saturated heterocycles. The SMILES string of the molecule is O=C(O)c1cncc(Br)c1.O=C(O)c1cncc(Br)c1.O=C([O-])c1cncc(Br)c1.O=C([O-])c1cncc(Br)c1.O=C([O-])c1cncc(Br)c1.O=C([O-])c1cncc(Br)c1.O=C([O-])c1cncc(Br)c1.O=C([O-])c1cncc(Br)c1.[OH3+].[OH3+].[OH3+].[OH3+].[OH3+].[OH3+].[Yb+3].[Yb+3]. The number of halogens is 8. The summed E-state index contributed by atoms with van der Waals surface area (Å²) in [5, 5.41) is 78.0. The Morgan fingerprint density at radius 2 is 0.341 bits per heavy atom. The van der Waals surface area contributed by atoms with Gasteiger partial charge < -0.3 is 102 Å². The first-order chi connectivity index (χ1) is 37.6. The van der Waals surface area contributed by atoms with Gasteiger partial charge in [0.2, 0.25) is 0 Å². The Morgan fingerprint density at radius 3 is 0.409 bits per heavy atom. The summed E-state index contributed by atoms with van der Waals surface area (Å²) in [5.41, 5.74) is 0.847. The van der Waals surface area contributed by atoms with Gasteiger partial charge in [-0.05, 0) is 176 Å². The minimum absolute atomic E-state index is 0. The van der Waals surface area contributed by atoms with Crippen LogP contribution in [0.15, 0.2) is 183 Å². The fourth-order valence-corrected chi connectivity index (χ4v) is 7.12. The molecule has 0 atom stereocenters. The van der Waals surface area contributed by atoms with Gasteiger partial charge in [-0.2, -0.15) is 0 Å². The predicted molar refractivity (Wildman–Crippen MR) is 325 cm³/mol. The third kappa shape index (κ3) is 45.8. The molecule has 8 heterocycles. The van der Waals surface area contributed by atoms with Gasteiger partial charge in [0.15, 0.2) is 0 Å². The maximum absolute atomic E-state index is 10.3. The van der Waals surface area contributed by atoms with E-state index in [4.69, 9.17) is 10.2 Å². The number of rotatable bonds is 8. The summed E-state index contributed by atoms with van der Waals surface area (Å²) in [6.45, 7) is 0. The molecule has 0 aromatic carbocycles. The standard InChI is InChI=1S/8C6H4BrNO2.6H2O.2Yb/c8*7-5-1-4(6(9)10)2-8-3-5;;;;;;;;/h8*1-3H,(H,9,10);6*1H2;;/q;;;;;;;;;;;;;;2*+3. The van der Waals surface area contributed by atoms with E-state index in [1.54, 1.807) is 0 Å². The van der Waals surface area contributed by atoms with E-state index in [0.717, 1.165) is 0 Å². The van der Waals surface area contributed by atoms with E-state index < -0.39 is 47.8 Å². The van der Waals surface area contributed by atoms with Crippen molar-refractivity contribution in [2.24, 2.45) is 0 Å². The Balaban J connectivity index is -0.000000137. The minimum Gasteiger partial charge on any atom is -0.545 e. The van der Waals surface area contributed by atoms with Crippen LogP contribution >= 0.6 is 127 Å². The Labute approximate surface area is 640 Å². The van der Waals surface area contributed by atoms with E-state index in [1.165, 1.54) is 148 Å². The van der Waals surface area contributed by atoms with Crippen molar-refractivity contribution >= 4 is 175 Å². The van der Waals surface area contributed by atoms with E-state index in [-0.39, 0.29) is 171 Å². The average molecular weight is 2070 g/mol. The summed E-state index contributed by atoms with van der Waals surface area (Å²) in [6, 6.07) is 11.6. The number of pyridine rings is 8. The van der Waals surface area contributed by atoms with Crippen LogP contribution in [0.3, 0.4) is 0 Å². The average Bonchev–Trinajstić information content (AvgIpc) is 3.40. The maximum atomic E-state index is 10.3. The molecule has 0 amide bonds. The van der Waals surface area contributed by atoms with Crippen molar-refractivity contribution in [3.8, 4) is 0 Å². The van der Waals surface area contributed by atoms with Crippen LogP contribution in [0.4, 0.5) is 0 Å². The zero-order chi connectivity index (χ0) is 60.5. The van der Waals surface area contributed by atoms with Crippen LogP contribution < -0.4 is 30.6 Å². The van der Waals surface area contributed by atoms with Crippen LogP contribution in [0.1, 0.15) is 82.9 Å². The molecule has 0 aliphatic carbocycles. The van der Waals surface area contributed by atoms with Crippen molar-refractivity contribution in [3.63, 3.8) is 0 Å². The van der Waals surface area contributed by atoms with E-state index in [0.29, 0.717) is 35.8 Å². The first kappa shape index (κ1) is 99.8. The van der Waals surface area contributed by atoms with Crippen molar-refractivity contribution in [3.05, 3.63) is 228 Å². The zero-order valence-corrected chi connectivity index (χ0v) is 59.2. The Kier molecular flexibility index (Phi) is 62.9. The normalized spacial score (nSPS) is 8.45. The minimum atomic E-state index is -1.21. The van der Waals surface area contributed by atoms with E-state index in [9.17, 15) is 69.0 Å². The summed E-state index contributed by atoms with van der Waals surface area (Å²) in [6.07, 6.45) is 22.1. The van der Waals surface area contributed by atoms with Crippen molar-refractivity contribution in [1.82, 2.24) is 39.9 Å². The summed E-state index contributed by atoms with van der Waals surface area (Å²) in [4.78, 5) is 111. The van der Waals surface area contributed by atoms with Gasteiger partial charge in [-0.25, -0.2) is 9.59 Å². The largest absolute Gasteiger partial charge is 3.00 e. The van der Waals surface area contributed by atoms with Crippen molar-refractivity contribution in [1.29, 1.82) is 0 Å². The van der Waals surface area contributed by atoms with Crippen molar-refractivity contribution < 1.29 is 206 Å². The molecule has 0 aliphatic heterocycles. The summed E-state index contributed by atoms with van der Waals surface area (Å²) < 4.78 is 5.15. The predicted octanol–water partition coefficient (Wildman–Crippen LogP) is -1.20. The molecule has 8 rings (SSSR count). The third-order valence-electron chi connectivity index (χ3n) is 7.55. The first-order valence-corrected chi connectivity index (χ1v) is 26.5. The van der Waals surface area contributed by atoms with Crippen LogP contribution in [-0.4, -0.2) is 97.8 Å². The van der Waals surface area contributed by atoms with Crippen LogP contribution in [0.5, 0.6) is 0 Å². The molecule has 88 heavy (non-hydrogen) atoms. The fraction of sp³-hybridized carbons (Fsp3) is 0. The summed E-state index contributed by atoms with van der Waals surface area (Å²) in [7, 11) is 0. The Bertz CT molecular complexity index is 2790. The van der Waals surface area contributed by atoms with E-state index in [2.05, 4.69) is 167 Å².